The smallest absolute Gasteiger partial charge is 0.247 e. The maximum atomic E-state index is 13.6. The molecular weight excluding hydrogens is 444 g/mol. The van der Waals surface area contributed by atoms with Crippen LogP contribution in [0.3, 0.4) is 0 Å². The van der Waals surface area contributed by atoms with Crippen molar-refractivity contribution in [2.75, 3.05) is 13.9 Å². The molecule has 0 bridgehead atoms. The summed E-state index contributed by atoms with van der Waals surface area (Å²) in [6.45, 7) is 4.47. The molecule has 1 unspecified atom stereocenters. The number of nitrogens with one attached hydrogen (secondary N) is 1. The summed E-state index contributed by atoms with van der Waals surface area (Å²) in [5.41, 5.74) is 2.54. The van der Waals surface area contributed by atoms with Crippen molar-refractivity contribution >= 4 is 11.8 Å². The lowest BCUT2D eigenvalue weighted by Crippen LogP contribution is -2.44. The molecule has 182 valence electrons. The van der Waals surface area contributed by atoms with Crippen LogP contribution in [0.5, 0.6) is 17.2 Å². The molecule has 4 rings (SSSR count). The number of hydrogen-bond donors (Lipinski definition) is 1. The van der Waals surface area contributed by atoms with Gasteiger partial charge in [-0.1, -0.05) is 62.4 Å². The highest BCUT2D eigenvalue weighted by Crippen LogP contribution is 2.32. The highest BCUT2D eigenvalue weighted by Gasteiger charge is 2.32. The molecule has 7 nitrogen and oxygen atoms in total. The summed E-state index contributed by atoms with van der Waals surface area (Å²) in [7, 11) is 1.61. The number of fused-ring (bicyclic) bond motifs is 1. The van der Waals surface area contributed by atoms with E-state index in [0.29, 0.717) is 18.0 Å². The number of amides is 2. The largest absolute Gasteiger partial charge is 0.497 e. The Bertz CT molecular complexity index is 1160. The van der Waals surface area contributed by atoms with E-state index in [0.717, 1.165) is 22.4 Å². The minimum absolute atomic E-state index is 0.104. The van der Waals surface area contributed by atoms with E-state index >= 15 is 0 Å². The number of methoxy groups -OCH3 is 1. The molecule has 0 aromatic heterocycles. The molecule has 1 aliphatic heterocycles. The number of carbonyl (C=O) groups is 2. The molecular formula is C28H30N2O5. The van der Waals surface area contributed by atoms with E-state index in [1.165, 1.54) is 0 Å². The Hall–Kier alpha value is -4.00. The fourth-order valence-electron chi connectivity index (χ4n) is 4.00. The Labute approximate surface area is 205 Å². The van der Waals surface area contributed by atoms with Crippen molar-refractivity contribution in [1.82, 2.24) is 10.2 Å². The van der Waals surface area contributed by atoms with E-state index in [1.54, 1.807) is 12.0 Å². The number of benzene rings is 3. The Morgan fingerprint density at radius 2 is 1.63 bits per heavy atom. The van der Waals surface area contributed by atoms with Crippen molar-refractivity contribution < 1.29 is 23.8 Å². The summed E-state index contributed by atoms with van der Waals surface area (Å²) in [6.07, 6.45) is 0. The fourth-order valence-corrected chi connectivity index (χ4v) is 4.00. The van der Waals surface area contributed by atoms with Crippen LogP contribution in [0.2, 0.25) is 0 Å². The summed E-state index contributed by atoms with van der Waals surface area (Å²) in [4.78, 5) is 28.7. The lowest BCUT2D eigenvalue weighted by Gasteiger charge is -2.33. The van der Waals surface area contributed by atoms with Gasteiger partial charge in [-0.15, -0.1) is 0 Å². The van der Waals surface area contributed by atoms with Crippen LogP contribution in [0.15, 0.2) is 72.8 Å². The molecule has 3 aromatic rings. The highest BCUT2D eigenvalue weighted by molar-refractivity contribution is 5.89. The molecule has 0 spiro atoms. The molecule has 0 saturated heterocycles. The van der Waals surface area contributed by atoms with Crippen LogP contribution in [0.4, 0.5) is 0 Å². The second-order valence-corrected chi connectivity index (χ2v) is 8.69. The number of carbonyl (C=O) groups excluding carboxylic acids is 2. The minimum Gasteiger partial charge on any atom is -0.497 e. The van der Waals surface area contributed by atoms with Gasteiger partial charge in [0.2, 0.25) is 18.6 Å². The zero-order chi connectivity index (χ0) is 24.8. The van der Waals surface area contributed by atoms with Crippen molar-refractivity contribution in [3.63, 3.8) is 0 Å². The molecule has 1 heterocycles. The summed E-state index contributed by atoms with van der Waals surface area (Å²) in [5, 5.41) is 3.02. The molecule has 0 radical (unpaired) electrons. The first-order valence-corrected chi connectivity index (χ1v) is 11.6. The first-order chi connectivity index (χ1) is 17.0. The first-order valence-electron chi connectivity index (χ1n) is 11.6. The Morgan fingerprint density at radius 3 is 2.31 bits per heavy atom. The predicted octanol–water partition coefficient (Wildman–Crippen LogP) is 4.47. The van der Waals surface area contributed by atoms with E-state index in [1.807, 2.05) is 86.6 Å². The van der Waals surface area contributed by atoms with Crippen LogP contribution in [0.1, 0.15) is 36.6 Å². The second kappa shape index (κ2) is 11.0. The van der Waals surface area contributed by atoms with Gasteiger partial charge in [-0.3, -0.25) is 9.59 Å². The molecule has 3 aromatic carbocycles. The number of rotatable bonds is 9. The van der Waals surface area contributed by atoms with Crippen molar-refractivity contribution in [3.8, 4) is 17.2 Å². The maximum Gasteiger partial charge on any atom is 0.247 e. The molecule has 0 saturated carbocycles. The fraction of sp³-hybridized carbons (Fsp3) is 0.286. The summed E-state index contributed by atoms with van der Waals surface area (Å²) >= 11 is 0. The average Bonchev–Trinajstić information content (AvgIpc) is 3.35. The van der Waals surface area contributed by atoms with Gasteiger partial charge in [-0.2, -0.15) is 0 Å². The third kappa shape index (κ3) is 5.74. The molecule has 0 fully saturated rings. The van der Waals surface area contributed by atoms with Gasteiger partial charge in [0.05, 0.1) is 7.11 Å². The predicted molar refractivity (Wildman–Crippen MR) is 132 cm³/mol. The molecule has 1 aliphatic rings. The third-order valence-electron chi connectivity index (χ3n) is 5.87. The molecule has 2 amide bonds. The highest BCUT2D eigenvalue weighted by atomic mass is 16.7. The lowest BCUT2D eigenvalue weighted by atomic mass is 10.0. The van der Waals surface area contributed by atoms with E-state index in [-0.39, 0.29) is 31.1 Å². The second-order valence-electron chi connectivity index (χ2n) is 8.69. The van der Waals surface area contributed by atoms with Crippen molar-refractivity contribution in [2.24, 2.45) is 5.92 Å². The Balaban J connectivity index is 1.61. The van der Waals surface area contributed by atoms with Crippen LogP contribution in [0, 0.1) is 5.92 Å². The van der Waals surface area contributed by atoms with Crippen LogP contribution in [-0.4, -0.2) is 30.6 Å². The van der Waals surface area contributed by atoms with E-state index in [2.05, 4.69) is 5.32 Å². The SMILES string of the molecule is COc1ccc(CN(C(=O)C(C)C)C(C(=O)NCc2ccc3c(c2)OCO3)c2ccccc2)cc1. The number of ether oxygens (including phenoxy) is 3. The minimum atomic E-state index is -0.790. The topological polar surface area (TPSA) is 77.1 Å². The summed E-state index contributed by atoms with van der Waals surface area (Å²) < 4.78 is 16.1. The van der Waals surface area contributed by atoms with E-state index < -0.39 is 6.04 Å². The van der Waals surface area contributed by atoms with Gasteiger partial charge in [0.25, 0.3) is 0 Å². The van der Waals surface area contributed by atoms with E-state index in [4.69, 9.17) is 14.2 Å². The molecule has 1 atom stereocenters. The first kappa shape index (κ1) is 24.1. The lowest BCUT2D eigenvalue weighted by molar-refractivity contribution is -0.144. The van der Waals surface area contributed by atoms with Crippen LogP contribution in [0.25, 0.3) is 0 Å². The quantitative estimate of drug-likeness (QED) is 0.495. The molecule has 35 heavy (non-hydrogen) atoms. The zero-order valence-corrected chi connectivity index (χ0v) is 20.2. The number of hydrogen-bond acceptors (Lipinski definition) is 5. The standard InChI is InChI=1S/C28H30N2O5/c1-19(2)28(32)30(17-20-9-12-23(33-3)13-10-20)26(22-7-5-4-6-8-22)27(31)29-16-21-11-14-24-25(15-21)35-18-34-24/h4-15,19,26H,16-18H2,1-3H3,(H,29,31). The van der Waals surface area contributed by atoms with Gasteiger partial charge in [0, 0.05) is 19.0 Å². The van der Waals surface area contributed by atoms with Gasteiger partial charge < -0.3 is 24.4 Å². The van der Waals surface area contributed by atoms with Gasteiger partial charge >= 0.3 is 0 Å². The van der Waals surface area contributed by atoms with Gasteiger partial charge in [-0.05, 0) is 41.0 Å². The molecule has 7 heteroatoms. The van der Waals surface area contributed by atoms with Gasteiger partial charge in [0.15, 0.2) is 11.5 Å². The molecule has 0 aliphatic carbocycles. The van der Waals surface area contributed by atoms with Crippen LogP contribution < -0.4 is 19.5 Å². The van der Waals surface area contributed by atoms with Crippen LogP contribution in [-0.2, 0) is 22.7 Å². The summed E-state index contributed by atoms with van der Waals surface area (Å²) in [5.74, 6) is 1.45. The maximum absolute atomic E-state index is 13.6. The Morgan fingerprint density at radius 1 is 0.943 bits per heavy atom. The van der Waals surface area contributed by atoms with E-state index in [9.17, 15) is 9.59 Å². The Kier molecular flexibility index (Phi) is 7.55. The average molecular weight is 475 g/mol. The zero-order valence-electron chi connectivity index (χ0n) is 20.2. The summed E-state index contributed by atoms with van der Waals surface area (Å²) in [6, 6.07) is 21.7. The van der Waals surface area contributed by atoms with Crippen molar-refractivity contribution in [2.45, 2.75) is 33.0 Å². The monoisotopic (exact) mass is 474 g/mol. The van der Waals surface area contributed by atoms with Gasteiger partial charge in [-0.25, -0.2) is 0 Å². The molecule has 1 N–H and O–H groups in total. The van der Waals surface area contributed by atoms with Crippen molar-refractivity contribution in [3.05, 3.63) is 89.5 Å². The normalized spacial score (nSPS) is 12.8. The third-order valence-corrected chi connectivity index (χ3v) is 5.87. The van der Waals surface area contributed by atoms with Crippen LogP contribution >= 0.6 is 0 Å². The van der Waals surface area contributed by atoms with Crippen molar-refractivity contribution in [1.29, 1.82) is 0 Å². The van der Waals surface area contributed by atoms with Gasteiger partial charge in [0.1, 0.15) is 11.8 Å². The number of nitrogens with zero attached hydrogens (tertiary/aromatic N) is 1.